The summed E-state index contributed by atoms with van der Waals surface area (Å²) in [5.74, 6) is 0.181. The van der Waals surface area contributed by atoms with Gasteiger partial charge in [0.25, 0.3) is 0 Å². The molecule has 16 heavy (non-hydrogen) atoms. The van der Waals surface area contributed by atoms with Crippen LogP contribution in [-0.4, -0.2) is 4.98 Å². The quantitative estimate of drug-likeness (QED) is 0.737. The molecule has 0 atom stereocenters. The number of hydrogen-bond donors (Lipinski definition) is 0. The zero-order chi connectivity index (χ0) is 11.5. The van der Waals surface area contributed by atoms with E-state index in [-0.39, 0.29) is 5.82 Å². The van der Waals surface area contributed by atoms with E-state index in [4.69, 9.17) is 0 Å². The number of hydrogen-bond acceptors (Lipinski definition) is 1. The number of aromatic nitrogens is 1. The molecule has 0 N–H and O–H groups in total. The summed E-state index contributed by atoms with van der Waals surface area (Å²) >= 11 is 0. The van der Waals surface area contributed by atoms with Crippen LogP contribution in [0.3, 0.4) is 0 Å². The van der Waals surface area contributed by atoms with Crippen LogP contribution in [0.25, 0.3) is 11.1 Å². The summed E-state index contributed by atoms with van der Waals surface area (Å²) in [4.78, 5) is 3.97. The molecular formula is C14H14FN. The van der Waals surface area contributed by atoms with E-state index in [1.54, 1.807) is 18.5 Å². The second-order valence-corrected chi connectivity index (χ2v) is 4.12. The topological polar surface area (TPSA) is 12.9 Å². The molecule has 2 rings (SSSR count). The lowest BCUT2D eigenvalue weighted by Gasteiger charge is -2.12. The average Bonchev–Trinajstić information content (AvgIpc) is 2.29. The lowest BCUT2D eigenvalue weighted by molar-refractivity contribution is 0.627. The number of nitrogens with zero attached hydrogens (tertiary/aromatic N) is 1. The third-order valence-corrected chi connectivity index (χ3v) is 2.63. The summed E-state index contributed by atoms with van der Waals surface area (Å²) in [6, 6.07) is 8.77. The number of rotatable bonds is 2. The lowest BCUT2D eigenvalue weighted by atomic mass is 9.93. The van der Waals surface area contributed by atoms with Crippen LogP contribution >= 0.6 is 0 Å². The number of benzene rings is 1. The van der Waals surface area contributed by atoms with E-state index < -0.39 is 0 Å². The first-order valence-electron chi connectivity index (χ1n) is 5.38. The highest BCUT2D eigenvalue weighted by atomic mass is 19.1. The second kappa shape index (κ2) is 4.44. The maximum atomic E-state index is 13.3. The van der Waals surface area contributed by atoms with E-state index in [1.165, 1.54) is 6.07 Å². The van der Waals surface area contributed by atoms with Crippen LogP contribution in [0.15, 0.2) is 42.7 Å². The maximum absolute atomic E-state index is 13.3. The molecule has 0 spiro atoms. The van der Waals surface area contributed by atoms with Crippen LogP contribution in [0.2, 0.25) is 0 Å². The van der Waals surface area contributed by atoms with Crippen molar-refractivity contribution in [1.82, 2.24) is 4.98 Å². The summed E-state index contributed by atoms with van der Waals surface area (Å²) in [5, 5.41) is 0. The standard InChI is InChI=1S/C14H14FN/c1-10(2)13-4-3-12(15)9-14(13)11-5-7-16-8-6-11/h3-10H,1-2H3. The van der Waals surface area contributed by atoms with Gasteiger partial charge in [-0.15, -0.1) is 0 Å². The zero-order valence-electron chi connectivity index (χ0n) is 9.44. The molecule has 1 nitrogen and oxygen atoms in total. The molecule has 0 unspecified atom stereocenters. The van der Waals surface area contributed by atoms with Gasteiger partial charge in [-0.25, -0.2) is 4.39 Å². The highest BCUT2D eigenvalue weighted by Crippen LogP contribution is 2.29. The first kappa shape index (κ1) is 10.8. The molecule has 2 heteroatoms. The maximum Gasteiger partial charge on any atom is 0.123 e. The van der Waals surface area contributed by atoms with E-state index in [9.17, 15) is 4.39 Å². The van der Waals surface area contributed by atoms with Gasteiger partial charge in [-0.2, -0.15) is 0 Å². The minimum Gasteiger partial charge on any atom is -0.265 e. The van der Waals surface area contributed by atoms with E-state index in [1.807, 2.05) is 18.2 Å². The van der Waals surface area contributed by atoms with E-state index >= 15 is 0 Å². The van der Waals surface area contributed by atoms with E-state index in [2.05, 4.69) is 18.8 Å². The van der Waals surface area contributed by atoms with Crippen molar-refractivity contribution in [3.05, 3.63) is 54.1 Å². The molecule has 0 bridgehead atoms. The first-order valence-corrected chi connectivity index (χ1v) is 5.38. The van der Waals surface area contributed by atoms with Gasteiger partial charge in [-0.05, 0) is 46.9 Å². The average molecular weight is 215 g/mol. The highest BCUT2D eigenvalue weighted by molar-refractivity contribution is 5.67. The Kier molecular flexibility index (Phi) is 3.00. The second-order valence-electron chi connectivity index (χ2n) is 4.12. The van der Waals surface area contributed by atoms with Crippen molar-refractivity contribution in [2.45, 2.75) is 19.8 Å². The fraction of sp³-hybridized carbons (Fsp3) is 0.214. The van der Waals surface area contributed by atoms with Crippen molar-refractivity contribution in [1.29, 1.82) is 0 Å². The first-order chi connectivity index (χ1) is 7.68. The van der Waals surface area contributed by atoms with Crippen molar-refractivity contribution < 1.29 is 4.39 Å². The summed E-state index contributed by atoms with van der Waals surface area (Å²) in [7, 11) is 0. The van der Waals surface area contributed by atoms with Crippen LogP contribution < -0.4 is 0 Å². The largest absolute Gasteiger partial charge is 0.265 e. The molecule has 1 aromatic heterocycles. The molecule has 82 valence electrons. The van der Waals surface area contributed by atoms with Crippen molar-refractivity contribution in [3.63, 3.8) is 0 Å². The van der Waals surface area contributed by atoms with Crippen molar-refractivity contribution in [3.8, 4) is 11.1 Å². The van der Waals surface area contributed by atoms with Crippen LogP contribution in [0.4, 0.5) is 4.39 Å². The predicted molar refractivity (Wildman–Crippen MR) is 63.7 cm³/mol. The van der Waals surface area contributed by atoms with Crippen molar-refractivity contribution in [2.75, 3.05) is 0 Å². The lowest BCUT2D eigenvalue weighted by Crippen LogP contribution is -1.93. The third kappa shape index (κ3) is 2.11. The van der Waals surface area contributed by atoms with Gasteiger partial charge in [0.1, 0.15) is 5.82 Å². The molecular weight excluding hydrogens is 201 g/mol. The fourth-order valence-electron chi connectivity index (χ4n) is 1.81. The Morgan fingerprint density at radius 2 is 1.75 bits per heavy atom. The fourth-order valence-corrected chi connectivity index (χ4v) is 1.81. The minimum absolute atomic E-state index is 0.198. The monoisotopic (exact) mass is 215 g/mol. The Balaban J connectivity index is 2.58. The van der Waals surface area contributed by atoms with Gasteiger partial charge in [0, 0.05) is 12.4 Å². The van der Waals surface area contributed by atoms with E-state index in [0.717, 1.165) is 16.7 Å². The van der Waals surface area contributed by atoms with Gasteiger partial charge in [0.15, 0.2) is 0 Å². The molecule has 0 aliphatic rings. The van der Waals surface area contributed by atoms with Gasteiger partial charge >= 0.3 is 0 Å². The van der Waals surface area contributed by atoms with Gasteiger partial charge in [-0.3, -0.25) is 4.98 Å². The minimum atomic E-state index is -0.198. The van der Waals surface area contributed by atoms with Crippen LogP contribution in [0, 0.1) is 5.82 Å². The van der Waals surface area contributed by atoms with Crippen molar-refractivity contribution >= 4 is 0 Å². The number of halogens is 1. The Morgan fingerprint density at radius 3 is 2.38 bits per heavy atom. The van der Waals surface area contributed by atoms with Gasteiger partial charge in [-0.1, -0.05) is 19.9 Å². The van der Waals surface area contributed by atoms with Crippen LogP contribution in [0.5, 0.6) is 0 Å². The SMILES string of the molecule is CC(C)c1ccc(F)cc1-c1ccncc1. The van der Waals surface area contributed by atoms with Gasteiger partial charge < -0.3 is 0 Å². The van der Waals surface area contributed by atoms with Crippen molar-refractivity contribution in [2.24, 2.45) is 0 Å². The molecule has 0 saturated carbocycles. The Hall–Kier alpha value is -1.70. The summed E-state index contributed by atoms with van der Waals surface area (Å²) in [6.07, 6.45) is 3.45. The molecule has 0 amide bonds. The van der Waals surface area contributed by atoms with Gasteiger partial charge in [0.05, 0.1) is 0 Å². The summed E-state index contributed by atoms with van der Waals surface area (Å²) in [5.41, 5.74) is 3.13. The summed E-state index contributed by atoms with van der Waals surface area (Å²) in [6.45, 7) is 4.22. The highest BCUT2D eigenvalue weighted by Gasteiger charge is 2.09. The Morgan fingerprint density at radius 1 is 1.06 bits per heavy atom. The Labute approximate surface area is 95.0 Å². The molecule has 0 radical (unpaired) electrons. The smallest absolute Gasteiger partial charge is 0.123 e. The molecule has 0 fully saturated rings. The van der Waals surface area contributed by atoms with Gasteiger partial charge in [0.2, 0.25) is 0 Å². The third-order valence-electron chi connectivity index (χ3n) is 2.63. The molecule has 1 aromatic carbocycles. The number of pyridine rings is 1. The van der Waals surface area contributed by atoms with E-state index in [0.29, 0.717) is 5.92 Å². The normalized spacial score (nSPS) is 10.8. The molecule has 0 saturated heterocycles. The molecule has 0 aliphatic carbocycles. The summed E-state index contributed by atoms with van der Waals surface area (Å²) < 4.78 is 13.3. The molecule has 2 aromatic rings. The molecule has 0 aliphatic heterocycles. The Bertz CT molecular complexity index is 477. The predicted octanol–water partition coefficient (Wildman–Crippen LogP) is 4.01. The van der Waals surface area contributed by atoms with Crippen LogP contribution in [0.1, 0.15) is 25.3 Å². The molecule has 1 heterocycles. The van der Waals surface area contributed by atoms with Crippen LogP contribution in [-0.2, 0) is 0 Å². The zero-order valence-corrected chi connectivity index (χ0v) is 9.44.